The molecular formula is C16H16N4O. The van der Waals surface area contributed by atoms with Crippen molar-refractivity contribution < 1.29 is 4.79 Å². The Morgan fingerprint density at radius 2 is 2.33 bits per heavy atom. The molecule has 0 fully saturated rings. The number of hydrogen-bond acceptors (Lipinski definition) is 2. The normalized spacial score (nSPS) is 17.6. The number of amides is 1. The summed E-state index contributed by atoms with van der Waals surface area (Å²) in [7, 11) is 0. The molecule has 106 valence electrons. The van der Waals surface area contributed by atoms with Gasteiger partial charge >= 0.3 is 0 Å². The van der Waals surface area contributed by atoms with Crippen molar-refractivity contribution in [2.24, 2.45) is 0 Å². The van der Waals surface area contributed by atoms with Gasteiger partial charge in [-0.1, -0.05) is 6.07 Å². The van der Waals surface area contributed by atoms with E-state index in [1.807, 2.05) is 42.9 Å². The Balaban J connectivity index is 1.50. The zero-order valence-electron chi connectivity index (χ0n) is 11.5. The predicted octanol–water partition coefficient (Wildman–Crippen LogP) is 2.11. The number of fused-ring (bicyclic) bond motifs is 2. The molecule has 21 heavy (non-hydrogen) atoms. The molecular weight excluding hydrogens is 264 g/mol. The lowest BCUT2D eigenvalue weighted by molar-refractivity contribution is 0.0927. The second-order valence-corrected chi connectivity index (χ2v) is 5.48. The van der Waals surface area contributed by atoms with Gasteiger partial charge in [-0.3, -0.25) is 4.79 Å². The van der Waals surface area contributed by atoms with Crippen LogP contribution in [-0.4, -0.2) is 26.5 Å². The highest BCUT2D eigenvalue weighted by Gasteiger charge is 2.20. The number of aromatic amines is 1. The minimum Gasteiger partial charge on any atom is -0.361 e. The van der Waals surface area contributed by atoms with Gasteiger partial charge in [-0.15, -0.1) is 0 Å². The maximum atomic E-state index is 12.4. The number of nitrogens with one attached hydrogen (secondary N) is 2. The first-order valence-corrected chi connectivity index (χ1v) is 7.17. The molecule has 0 saturated carbocycles. The number of H-pyrrole nitrogens is 1. The first-order chi connectivity index (χ1) is 10.3. The summed E-state index contributed by atoms with van der Waals surface area (Å²) in [6.45, 7) is 0.797. The van der Waals surface area contributed by atoms with Crippen LogP contribution in [0.25, 0.3) is 10.9 Å². The summed E-state index contributed by atoms with van der Waals surface area (Å²) >= 11 is 0. The molecule has 0 spiro atoms. The highest BCUT2D eigenvalue weighted by Crippen LogP contribution is 2.16. The van der Waals surface area contributed by atoms with Crippen LogP contribution in [-0.2, 0) is 13.0 Å². The molecule has 1 amide bonds. The Morgan fingerprint density at radius 1 is 1.38 bits per heavy atom. The Labute approximate surface area is 122 Å². The number of benzene rings is 1. The smallest absolute Gasteiger partial charge is 0.251 e. The fourth-order valence-corrected chi connectivity index (χ4v) is 2.94. The van der Waals surface area contributed by atoms with E-state index in [2.05, 4.69) is 19.9 Å². The van der Waals surface area contributed by atoms with Gasteiger partial charge in [-0.25, -0.2) is 4.98 Å². The summed E-state index contributed by atoms with van der Waals surface area (Å²) in [6, 6.07) is 7.90. The molecule has 5 heteroatoms. The summed E-state index contributed by atoms with van der Waals surface area (Å²) in [4.78, 5) is 19.8. The zero-order chi connectivity index (χ0) is 14.2. The van der Waals surface area contributed by atoms with Gasteiger partial charge < -0.3 is 14.9 Å². The average molecular weight is 280 g/mol. The van der Waals surface area contributed by atoms with E-state index in [1.165, 1.54) is 0 Å². The minimum absolute atomic E-state index is 0.0138. The quantitative estimate of drug-likeness (QED) is 0.755. The number of imidazole rings is 1. The van der Waals surface area contributed by atoms with Crippen molar-refractivity contribution in [2.75, 3.05) is 0 Å². The van der Waals surface area contributed by atoms with Crippen LogP contribution in [0.1, 0.15) is 22.6 Å². The van der Waals surface area contributed by atoms with Gasteiger partial charge in [0.2, 0.25) is 0 Å². The van der Waals surface area contributed by atoms with Crippen molar-refractivity contribution in [1.29, 1.82) is 0 Å². The van der Waals surface area contributed by atoms with Gasteiger partial charge in [0.1, 0.15) is 5.82 Å². The fourth-order valence-electron chi connectivity index (χ4n) is 2.94. The highest BCUT2D eigenvalue weighted by molar-refractivity contribution is 5.98. The summed E-state index contributed by atoms with van der Waals surface area (Å²) in [5.74, 6) is 1.09. The molecule has 1 atom stereocenters. The molecule has 1 aromatic carbocycles. The van der Waals surface area contributed by atoms with E-state index in [-0.39, 0.29) is 11.9 Å². The Bertz CT molecular complexity index is 801. The maximum Gasteiger partial charge on any atom is 0.251 e. The molecule has 2 N–H and O–H groups in total. The third kappa shape index (κ3) is 2.20. The molecule has 3 heterocycles. The lowest BCUT2D eigenvalue weighted by atomic mass is 10.1. The zero-order valence-corrected chi connectivity index (χ0v) is 11.5. The van der Waals surface area contributed by atoms with E-state index in [9.17, 15) is 4.79 Å². The Morgan fingerprint density at radius 3 is 3.29 bits per heavy atom. The molecule has 0 saturated heterocycles. The van der Waals surface area contributed by atoms with Crippen LogP contribution in [0.15, 0.2) is 42.9 Å². The Kier molecular flexibility index (Phi) is 2.77. The predicted molar refractivity (Wildman–Crippen MR) is 80.1 cm³/mol. The maximum absolute atomic E-state index is 12.4. The van der Waals surface area contributed by atoms with Crippen LogP contribution in [0.3, 0.4) is 0 Å². The molecule has 1 aliphatic heterocycles. The molecule has 0 aliphatic carbocycles. The van der Waals surface area contributed by atoms with E-state index in [0.29, 0.717) is 5.56 Å². The summed E-state index contributed by atoms with van der Waals surface area (Å²) in [6.07, 6.45) is 7.52. The van der Waals surface area contributed by atoms with E-state index in [1.54, 1.807) is 0 Å². The van der Waals surface area contributed by atoms with E-state index in [4.69, 9.17) is 0 Å². The van der Waals surface area contributed by atoms with Gasteiger partial charge in [0, 0.05) is 48.7 Å². The number of aryl methyl sites for hydroxylation is 1. The number of aromatic nitrogens is 3. The van der Waals surface area contributed by atoms with Crippen molar-refractivity contribution in [2.45, 2.75) is 25.4 Å². The Hall–Kier alpha value is -2.56. The second kappa shape index (κ2) is 4.77. The lowest BCUT2D eigenvalue weighted by Gasteiger charge is -2.24. The van der Waals surface area contributed by atoms with Gasteiger partial charge in [0.05, 0.1) is 0 Å². The van der Waals surface area contributed by atoms with E-state index >= 15 is 0 Å². The van der Waals surface area contributed by atoms with E-state index < -0.39 is 0 Å². The molecule has 2 aromatic heterocycles. The van der Waals surface area contributed by atoms with Gasteiger partial charge in [0.25, 0.3) is 5.91 Å². The molecule has 1 aliphatic rings. The van der Waals surface area contributed by atoms with Crippen LogP contribution >= 0.6 is 0 Å². The second-order valence-electron chi connectivity index (χ2n) is 5.48. The van der Waals surface area contributed by atoms with Crippen LogP contribution < -0.4 is 5.32 Å². The third-order valence-corrected chi connectivity index (χ3v) is 4.09. The topological polar surface area (TPSA) is 62.7 Å². The standard InChI is InChI=1S/C16H16N4O/c21-16(12-2-1-11-5-6-17-14(11)9-12)19-13-3-4-15-18-7-8-20(15)10-13/h1-2,5-9,13,17H,3-4,10H2,(H,19,21)/t13-/m1/s1. The first-order valence-electron chi connectivity index (χ1n) is 7.17. The number of rotatable bonds is 2. The fraction of sp³-hybridized carbons (Fsp3) is 0.250. The van der Waals surface area contributed by atoms with Crippen molar-refractivity contribution >= 4 is 16.8 Å². The summed E-state index contributed by atoms with van der Waals surface area (Å²) in [5.41, 5.74) is 1.68. The van der Waals surface area contributed by atoms with Crippen LogP contribution in [0.5, 0.6) is 0 Å². The molecule has 5 nitrogen and oxygen atoms in total. The first kappa shape index (κ1) is 12.2. The van der Waals surface area contributed by atoms with Gasteiger partial charge in [-0.2, -0.15) is 0 Å². The molecule has 0 unspecified atom stereocenters. The highest BCUT2D eigenvalue weighted by atomic mass is 16.1. The minimum atomic E-state index is -0.0138. The number of carbonyl (C=O) groups excluding carboxylic acids is 1. The summed E-state index contributed by atoms with van der Waals surface area (Å²) in [5, 5.41) is 4.24. The van der Waals surface area contributed by atoms with Crippen molar-refractivity contribution in [1.82, 2.24) is 19.9 Å². The largest absolute Gasteiger partial charge is 0.361 e. The molecule has 0 radical (unpaired) electrons. The lowest BCUT2D eigenvalue weighted by Crippen LogP contribution is -2.40. The van der Waals surface area contributed by atoms with Crippen LogP contribution in [0.2, 0.25) is 0 Å². The van der Waals surface area contributed by atoms with Gasteiger partial charge in [0.15, 0.2) is 0 Å². The van der Waals surface area contributed by atoms with Crippen LogP contribution in [0, 0.1) is 0 Å². The molecule has 3 aromatic rings. The van der Waals surface area contributed by atoms with Crippen molar-refractivity contribution in [3.63, 3.8) is 0 Å². The number of hydrogen-bond donors (Lipinski definition) is 2. The number of nitrogens with zero attached hydrogens (tertiary/aromatic N) is 2. The average Bonchev–Trinajstić information content (AvgIpc) is 3.14. The van der Waals surface area contributed by atoms with Crippen molar-refractivity contribution in [3.05, 3.63) is 54.2 Å². The third-order valence-electron chi connectivity index (χ3n) is 4.09. The van der Waals surface area contributed by atoms with Crippen LogP contribution in [0.4, 0.5) is 0 Å². The summed E-state index contributed by atoms with van der Waals surface area (Å²) < 4.78 is 2.11. The molecule has 4 rings (SSSR count). The van der Waals surface area contributed by atoms with Gasteiger partial charge in [-0.05, 0) is 30.0 Å². The van der Waals surface area contributed by atoms with Crippen molar-refractivity contribution in [3.8, 4) is 0 Å². The monoisotopic (exact) mass is 280 g/mol. The van der Waals surface area contributed by atoms with E-state index in [0.717, 1.165) is 36.1 Å². The SMILES string of the molecule is O=C(N[C@@H]1CCc2nccn2C1)c1ccc2cc[nH]c2c1. The number of carbonyl (C=O) groups is 1. The molecule has 0 bridgehead atoms.